The van der Waals surface area contributed by atoms with Gasteiger partial charge >= 0.3 is 0 Å². The van der Waals surface area contributed by atoms with E-state index in [-0.39, 0.29) is 13.5 Å². The Morgan fingerprint density at radius 3 is 1.22 bits per heavy atom. The van der Waals surface area contributed by atoms with Gasteiger partial charge < -0.3 is 5.73 Å². The SMILES string of the molecule is C.NCC1CN(C(c2ccccc2)c2ccccc2)C1.[N-]=[N+]=NCC1CN(C(c2ccccc2)c2ccccc2)C1. The molecule has 2 fully saturated rings. The van der Waals surface area contributed by atoms with Gasteiger partial charge in [0.2, 0.25) is 0 Å². The van der Waals surface area contributed by atoms with Crippen LogP contribution in [-0.4, -0.2) is 49.1 Å². The fourth-order valence-electron chi connectivity index (χ4n) is 5.83. The fourth-order valence-corrected chi connectivity index (χ4v) is 5.83. The van der Waals surface area contributed by atoms with E-state index in [0.717, 1.165) is 32.7 Å². The lowest BCUT2D eigenvalue weighted by molar-refractivity contribution is 0.0737. The first kappa shape index (κ1) is 30.0. The summed E-state index contributed by atoms with van der Waals surface area (Å²) in [6.07, 6.45) is 0. The Labute approximate surface area is 245 Å². The summed E-state index contributed by atoms with van der Waals surface area (Å²) < 4.78 is 0. The van der Waals surface area contributed by atoms with Crippen LogP contribution in [0.25, 0.3) is 10.4 Å². The van der Waals surface area contributed by atoms with Crippen LogP contribution in [0.5, 0.6) is 0 Å². The lowest BCUT2D eigenvalue weighted by Crippen LogP contribution is -2.51. The van der Waals surface area contributed by atoms with E-state index in [1.165, 1.54) is 22.3 Å². The van der Waals surface area contributed by atoms with Crippen LogP contribution in [0.3, 0.4) is 0 Å². The maximum Gasteiger partial charge on any atom is 0.0602 e. The Bertz CT molecular complexity index is 1250. The molecule has 0 amide bonds. The Kier molecular flexibility index (Phi) is 11.1. The van der Waals surface area contributed by atoms with Gasteiger partial charge in [-0.05, 0) is 46.2 Å². The second kappa shape index (κ2) is 15.2. The minimum absolute atomic E-state index is 0. The molecule has 6 heteroatoms. The Hall–Kier alpha value is -3.93. The number of azide groups is 1. The van der Waals surface area contributed by atoms with Gasteiger partial charge in [-0.2, -0.15) is 0 Å². The van der Waals surface area contributed by atoms with Crippen molar-refractivity contribution in [3.05, 3.63) is 154 Å². The first-order valence-corrected chi connectivity index (χ1v) is 14.2. The Balaban J connectivity index is 0.000000185. The zero-order chi connectivity index (χ0) is 27.6. The highest BCUT2D eigenvalue weighted by molar-refractivity contribution is 5.33. The molecule has 0 saturated carbocycles. The quantitative estimate of drug-likeness (QED) is 0.136. The van der Waals surface area contributed by atoms with Crippen molar-refractivity contribution in [1.82, 2.24) is 9.80 Å². The van der Waals surface area contributed by atoms with Crippen LogP contribution >= 0.6 is 0 Å². The lowest BCUT2D eigenvalue weighted by Gasteiger charge is -2.44. The molecule has 2 heterocycles. The molecule has 0 aliphatic carbocycles. The first-order valence-electron chi connectivity index (χ1n) is 14.2. The van der Waals surface area contributed by atoms with Crippen LogP contribution in [-0.2, 0) is 0 Å². The third kappa shape index (κ3) is 7.63. The molecule has 4 aromatic rings. The standard InChI is InChI=1S/C17H18N4.C17H20N2.CH4/c18-20-19-11-14-12-21(13-14)17(15-7-3-1-4-8-15)16-9-5-2-6-10-16;18-11-14-12-19(13-14)17(15-7-3-1-4-8-15)16-9-5-2-6-10-16;/h1-10,14,17H,11-13H2;1-10,14,17H,11-13,18H2;1H4. The molecule has 0 bridgehead atoms. The lowest BCUT2D eigenvalue weighted by atomic mass is 9.90. The van der Waals surface area contributed by atoms with Gasteiger partial charge in [-0.1, -0.05) is 134 Å². The van der Waals surface area contributed by atoms with Crippen LogP contribution < -0.4 is 5.73 Å². The molecule has 2 N–H and O–H groups in total. The van der Waals surface area contributed by atoms with Crippen molar-refractivity contribution in [1.29, 1.82) is 0 Å². The smallest absolute Gasteiger partial charge is 0.0602 e. The number of rotatable bonds is 9. The van der Waals surface area contributed by atoms with Gasteiger partial charge in [0, 0.05) is 37.6 Å². The minimum atomic E-state index is 0. The molecule has 212 valence electrons. The normalized spacial score (nSPS) is 15.6. The van der Waals surface area contributed by atoms with Crippen molar-refractivity contribution in [3.63, 3.8) is 0 Å². The van der Waals surface area contributed by atoms with Crippen LogP contribution in [0, 0.1) is 11.8 Å². The van der Waals surface area contributed by atoms with Crippen molar-refractivity contribution >= 4 is 0 Å². The molecule has 2 aliphatic rings. The van der Waals surface area contributed by atoms with Gasteiger partial charge in [0.05, 0.1) is 12.1 Å². The summed E-state index contributed by atoms with van der Waals surface area (Å²) in [4.78, 5) is 7.81. The van der Waals surface area contributed by atoms with E-state index in [9.17, 15) is 0 Å². The summed E-state index contributed by atoms with van der Waals surface area (Å²) in [5.41, 5.74) is 19.5. The van der Waals surface area contributed by atoms with E-state index < -0.39 is 0 Å². The third-order valence-corrected chi connectivity index (χ3v) is 7.90. The van der Waals surface area contributed by atoms with E-state index in [1.54, 1.807) is 0 Å². The second-order valence-corrected chi connectivity index (χ2v) is 10.7. The van der Waals surface area contributed by atoms with Gasteiger partial charge in [0.25, 0.3) is 0 Å². The Morgan fingerprint density at radius 2 is 0.927 bits per heavy atom. The average molecular weight is 547 g/mol. The van der Waals surface area contributed by atoms with Crippen LogP contribution in [0.1, 0.15) is 41.8 Å². The summed E-state index contributed by atoms with van der Waals surface area (Å²) in [7, 11) is 0. The summed E-state index contributed by atoms with van der Waals surface area (Å²) in [5, 5.41) is 3.69. The number of likely N-dealkylation sites (tertiary alicyclic amines) is 2. The highest BCUT2D eigenvalue weighted by atomic mass is 15.2. The number of hydrogen-bond acceptors (Lipinski definition) is 4. The largest absolute Gasteiger partial charge is 0.330 e. The number of benzene rings is 4. The van der Waals surface area contributed by atoms with Crippen LogP contribution in [0.2, 0.25) is 0 Å². The van der Waals surface area contributed by atoms with Gasteiger partial charge in [0.1, 0.15) is 0 Å². The van der Waals surface area contributed by atoms with Crippen molar-refractivity contribution in [2.75, 3.05) is 39.3 Å². The van der Waals surface area contributed by atoms with E-state index in [4.69, 9.17) is 11.3 Å². The predicted molar refractivity (Wildman–Crippen MR) is 169 cm³/mol. The molecule has 0 spiro atoms. The summed E-state index contributed by atoms with van der Waals surface area (Å²) in [6.45, 7) is 5.56. The number of nitrogens with zero attached hydrogens (tertiary/aromatic N) is 5. The van der Waals surface area contributed by atoms with Crippen LogP contribution in [0.15, 0.2) is 126 Å². The van der Waals surface area contributed by atoms with Crippen molar-refractivity contribution < 1.29 is 0 Å². The molecular weight excluding hydrogens is 504 g/mol. The van der Waals surface area contributed by atoms with Gasteiger partial charge in [-0.3, -0.25) is 9.80 Å². The molecule has 0 unspecified atom stereocenters. The van der Waals surface area contributed by atoms with E-state index in [0.29, 0.717) is 24.4 Å². The summed E-state index contributed by atoms with van der Waals surface area (Å²) in [6, 6.07) is 43.3. The summed E-state index contributed by atoms with van der Waals surface area (Å²) >= 11 is 0. The fraction of sp³-hybridized carbons (Fsp3) is 0.314. The first-order chi connectivity index (χ1) is 19.8. The van der Waals surface area contributed by atoms with E-state index in [2.05, 4.69) is 129 Å². The zero-order valence-electron chi connectivity index (χ0n) is 22.9. The van der Waals surface area contributed by atoms with Gasteiger partial charge in [-0.25, -0.2) is 0 Å². The zero-order valence-corrected chi connectivity index (χ0v) is 22.9. The molecule has 0 atom stereocenters. The van der Waals surface area contributed by atoms with Crippen molar-refractivity contribution in [2.45, 2.75) is 19.5 Å². The molecule has 2 aliphatic heterocycles. The molecule has 2 saturated heterocycles. The maximum absolute atomic E-state index is 8.41. The summed E-state index contributed by atoms with van der Waals surface area (Å²) in [5.74, 6) is 1.14. The van der Waals surface area contributed by atoms with Gasteiger partial charge in [-0.15, -0.1) is 0 Å². The third-order valence-electron chi connectivity index (χ3n) is 7.90. The monoisotopic (exact) mass is 546 g/mol. The van der Waals surface area contributed by atoms with Crippen molar-refractivity contribution in [2.24, 2.45) is 22.7 Å². The number of nitrogens with two attached hydrogens (primary N) is 1. The molecular formula is C35H42N6. The van der Waals surface area contributed by atoms with E-state index in [1.807, 2.05) is 12.1 Å². The molecule has 6 nitrogen and oxygen atoms in total. The topological polar surface area (TPSA) is 81.3 Å². The second-order valence-electron chi connectivity index (χ2n) is 10.7. The van der Waals surface area contributed by atoms with Gasteiger partial charge in [0.15, 0.2) is 0 Å². The van der Waals surface area contributed by atoms with Crippen molar-refractivity contribution in [3.8, 4) is 0 Å². The van der Waals surface area contributed by atoms with E-state index >= 15 is 0 Å². The highest BCUT2D eigenvalue weighted by Gasteiger charge is 2.34. The molecule has 4 aromatic carbocycles. The number of hydrogen-bond donors (Lipinski definition) is 1. The average Bonchev–Trinajstić information content (AvgIpc) is 2.98. The molecule has 0 radical (unpaired) electrons. The molecule has 41 heavy (non-hydrogen) atoms. The highest BCUT2D eigenvalue weighted by Crippen LogP contribution is 2.35. The predicted octanol–water partition coefficient (Wildman–Crippen LogP) is 7.32. The molecule has 0 aromatic heterocycles. The van der Waals surface area contributed by atoms with Crippen LogP contribution in [0.4, 0.5) is 0 Å². The molecule has 6 rings (SSSR count). The maximum atomic E-state index is 8.41. The minimum Gasteiger partial charge on any atom is -0.330 e. The Morgan fingerprint density at radius 1 is 0.610 bits per heavy atom.